The Bertz CT molecular complexity index is 1440. The van der Waals surface area contributed by atoms with E-state index in [-0.39, 0.29) is 28.9 Å². The molecule has 0 saturated carbocycles. The number of rotatable bonds is 9. The molecule has 2 aliphatic heterocycles. The molecule has 0 radical (unpaired) electrons. The third kappa shape index (κ3) is 6.44. The van der Waals surface area contributed by atoms with Crippen molar-refractivity contribution in [2.75, 3.05) is 51.3 Å². The van der Waals surface area contributed by atoms with E-state index in [4.69, 9.17) is 9.26 Å². The SMILES string of the molecule is COc1cc(C)c(S(=O)(=O)Cc2noc(CC(=O)N3CCN(Cc4ccnc(N5CCCC5)c4)CC3)n2)c(C)c1. The van der Waals surface area contributed by atoms with Crippen LogP contribution in [0, 0.1) is 13.8 Å². The smallest absolute Gasteiger partial charge is 0.236 e. The molecule has 214 valence electrons. The van der Waals surface area contributed by atoms with Crippen LogP contribution in [0.25, 0.3) is 0 Å². The third-order valence-corrected chi connectivity index (χ3v) is 9.39. The minimum absolute atomic E-state index is 0.0351. The number of piperazine rings is 1. The predicted octanol–water partition coefficient (Wildman–Crippen LogP) is 2.55. The number of pyridine rings is 1. The molecule has 0 N–H and O–H groups in total. The Morgan fingerprint density at radius 2 is 1.73 bits per heavy atom. The van der Waals surface area contributed by atoms with Gasteiger partial charge in [-0.3, -0.25) is 9.69 Å². The molecule has 0 aliphatic carbocycles. The Labute approximate surface area is 235 Å². The van der Waals surface area contributed by atoms with Crippen molar-refractivity contribution in [2.24, 2.45) is 0 Å². The van der Waals surface area contributed by atoms with E-state index < -0.39 is 15.6 Å². The third-order valence-electron chi connectivity index (χ3n) is 7.48. The van der Waals surface area contributed by atoms with Crippen molar-refractivity contribution in [3.05, 3.63) is 58.9 Å². The summed E-state index contributed by atoms with van der Waals surface area (Å²) >= 11 is 0. The van der Waals surface area contributed by atoms with Crippen LogP contribution in [0.1, 0.15) is 41.2 Å². The zero-order valence-electron chi connectivity index (χ0n) is 23.3. The van der Waals surface area contributed by atoms with E-state index in [0.29, 0.717) is 30.0 Å². The number of hydrogen-bond donors (Lipinski definition) is 0. The number of nitrogens with zero attached hydrogens (tertiary/aromatic N) is 6. The minimum atomic E-state index is -3.72. The number of sulfone groups is 1. The number of anilines is 1. The number of methoxy groups -OCH3 is 1. The second-order valence-electron chi connectivity index (χ2n) is 10.5. The van der Waals surface area contributed by atoms with E-state index in [9.17, 15) is 13.2 Å². The molecule has 1 aromatic carbocycles. The summed E-state index contributed by atoms with van der Waals surface area (Å²) in [6, 6.07) is 7.60. The first-order valence-corrected chi connectivity index (χ1v) is 15.3. The Morgan fingerprint density at radius 3 is 2.40 bits per heavy atom. The Kier molecular flexibility index (Phi) is 8.36. The average molecular weight is 569 g/mol. The normalized spacial score (nSPS) is 16.5. The second kappa shape index (κ2) is 11.9. The molecule has 40 heavy (non-hydrogen) atoms. The zero-order valence-corrected chi connectivity index (χ0v) is 24.1. The fourth-order valence-electron chi connectivity index (χ4n) is 5.51. The molecule has 2 aromatic heterocycles. The lowest BCUT2D eigenvalue weighted by molar-refractivity contribution is -0.132. The molecule has 2 aliphatic rings. The van der Waals surface area contributed by atoms with Crippen LogP contribution in [-0.4, -0.2) is 85.6 Å². The quantitative estimate of drug-likeness (QED) is 0.381. The summed E-state index contributed by atoms with van der Waals surface area (Å²) < 4.78 is 36.7. The number of ether oxygens (including phenoxy) is 1. The van der Waals surface area contributed by atoms with Crippen LogP contribution in [-0.2, 0) is 33.4 Å². The lowest BCUT2D eigenvalue weighted by Gasteiger charge is -2.34. The van der Waals surface area contributed by atoms with Gasteiger partial charge in [0, 0.05) is 52.0 Å². The molecule has 1 amide bonds. The van der Waals surface area contributed by atoms with Gasteiger partial charge in [0.05, 0.1) is 12.0 Å². The van der Waals surface area contributed by atoms with Crippen LogP contribution in [0.15, 0.2) is 39.9 Å². The first kappa shape index (κ1) is 28.0. The molecular formula is C28H36N6O5S. The monoisotopic (exact) mass is 568 g/mol. The van der Waals surface area contributed by atoms with Gasteiger partial charge in [-0.1, -0.05) is 5.16 Å². The summed E-state index contributed by atoms with van der Waals surface area (Å²) in [7, 11) is -2.18. The van der Waals surface area contributed by atoms with Gasteiger partial charge in [-0.25, -0.2) is 13.4 Å². The summed E-state index contributed by atoms with van der Waals surface area (Å²) in [4.78, 5) is 28.4. The molecule has 3 aromatic rings. The van der Waals surface area contributed by atoms with Crippen LogP contribution in [0.5, 0.6) is 5.75 Å². The van der Waals surface area contributed by atoms with Crippen molar-refractivity contribution in [3.8, 4) is 5.75 Å². The fourth-order valence-corrected chi connectivity index (χ4v) is 7.21. The van der Waals surface area contributed by atoms with Crippen molar-refractivity contribution in [2.45, 2.75) is 50.3 Å². The number of carbonyl (C=O) groups excluding carboxylic acids is 1. The van der Waals surface area contributed by atoms with Crippen molar-refractivity contribution >= 4 is 21.6 Å². The lowest BCUT2D eigenvalue weighted by atomic mass is 10.1. The van der Waals surface area contributed by atoms with Gasteiger partial charge >= 0.3 is 0 Å². The van der Waals surface area contributed by atoms with Gasteiger partial charge in [0.25, 0.3) is 0 Å². The molecule has 4 heterocycles. The van der Waals surface area contributed by atoms with Gasteiger partial charge in [0.2, 0.25) is 11.8 Å². The van der Waals surface area contributed by atoms with Gasteiger partial charge in [-0.05, 0) is 67.6 Å². The van der Waals surface area contributed by atoms with Crippen LogP contribution < -0.4 is 9.64 Å². The Hall–Kier alpha value is -3.51. The van der Waals surface area contributed by atoms with Gasteiger partial charge in [0.1, 0.15) is 23.7 Å². The largest absolute Gasteiger partial charge is 0.497 e. The summed E-state index contributed by atoms with van der Waals surface area (Å²) in [6.07, 6.45) is 4.26. The van der Waals surface area contributed by atoms with Crippen molar-refractivity contribution in [1.82, 2.24) is 24.9 Å². The van der Waals surface area contributed by atoms with Gasteiger partial charge in [-0.2, -0.15) is 4.98 Å². The molecule has 11 nitrogen and oxygen atoms in total. The highest BCUT2D eigenvalue weighted by atomic mass is 32.2. The molecule has 12 heteroatoms. The van der Waals surface area contributed by atoms with Crippen molar-refractivity contribution in [1.29, 1.82) is 0 Å². The van der Waals surface area contributed by atoms with E-state index >= 15 is 0 Å². The average Bonchev–Trinajstić information content (AvgIpc) is 3.61. The van der Waals surface area contributed by atoms with E-state index in [1.54, 1.807) is 30.9 Å². The number of aryl methyl sites for hydroxylation is 2. The lowest BCUT2D eigenvalue weighted by Crippen LogP contribution is -2.48. The summed E-state index contributed by atoms with van der Waals surface area (Å²) in [5.41, 5.74) is 2.40. The maximum atomic E-state index is 13.1. The topological polar surface area (TPSA) is 122 Å². The number of amides is 1. The molecule has 2 saturated heterocycles. The maximum absolute atomic E-state index is 13.1. The molecule has 0 unspecified atom stereocenters. The number of benzene rings is 1. The highest BCUT2D eigenvalue weighted by molar-refractivity contribution is 7.90. The number of aromatic nitrogens is 3. The Balaban J connectivity index is 1.13. The van der Waals surface area contributed by atoms with E-state index in [2.05, 4.69) is 37.1 Å². The molecule has 5 rings (SSSR count). The highest BCUT2D eigenvalue weighted by Gasteiger charge is 2.26. The van der Waals surface area contributed by atoms with Crippen LogP contribution in [0.4, 0.5) is 5.82 Å². The van der Waals surface area contributed by atoms with E-state index in [1.165, 1.54) is 25.5 Å². The summed E-state index contributed by atoms with van der Waals surface area (Å²) in [6.45, 7) is 9.15. The molecule has 2 fully saturated rings. The van der Waals surface area contributed by atoms with E-state index in [0.717, 1.165) is 38.5 Å². The van der Waals surface area contributed by atoms with Crippen LogP contribution >= 0.6 is 0 Å². The molecule has 0 spiro atoms. The van der Waals surface area contributed by atoms with Gasteiger partial charge in [0.15, 0.2) is 15.7 Å². The van der Waals surface area contributed by atoms with Crippen molar-refractivity contribution in [3.63, 3.8) is 0 Å². The zero-order chi connectivity index (χ0) is 28.3. The maximum Gasteiger partial charge on any atom is 0.236 e. The van der Waals surface area contributed by atoms with Gasteiger partial charge in [-0.15, -0.1) is 0 Å². The van der Waals surface area contributed by atoms with Crippen LogP contribution in [0.2, 0.25) is 0 Å². The van der Waals surface area contributed by atoms with Gasteiger partial charge < -0.3 is 19.1 Å². The second-order valence-corrected chi connectivity index (χ2v) is 12.4. The summed E-state index contributed by atoms with van der Waals surface area (Å²) in [5.74, 6) is 1.27. The van der Waals surface area contributed by atoms with Crippen LogP contribution in [0.3, 0.4) is 0 Å². The first-order chi connectivity index (χ1) is 19.2. The fraction of sp³-hybridized carbons (Fsp3) is 0.500. The number of hydrogen-bond acceptors (Lipinski definition) is 10. The molecule has 0 bridgehead atoms. The van der Waals surface area contributed by atoms with Crippen molar-refractivity contribution < 1.29 is 22.5 Å². The number of carbonyl (C=O) groups is 1. The standard InChI is InChI=1S/C28H36N6O5S/c1-20-14-23(38-3)15-21(2)28(20)40(36,37)19-24-30-26(39-31-24)17-27(35)34-12-10-32(11-13-34)18-22-6-7-29-25(16-22)33-8-4-5-9-33/h6-7,14-16H,4-5,8-13,17-19H2,1-3H3. The predicted molar refractivity (Wildman–Crippen MR) is 149 cm³/mol. The highest BCUT2D eigenvalue weighted by Crippen LogP contribution is 2.28. The summed E-state index contributed by atoms with van der Waals surface area (Å²) in [5, 5.41) is 3.84. The Morgan fingerprint density at radius 1 is 1.02 bits per heavy atom. The molecule has 0 atom stereocenters. The minimum Gasteiger partial charge on any atom is -0.497 e. The first-order valence-electron chi connectivity index (χ1n) is 13.6. The van der Waals surface area contributed by atoms with E-state index in [1.807, 2.05) is 6.20 Å². The molecular weight excluding hydrogens is 532 g/mol.